The summed E-state index contributed by atoms with van der Waals surface area (Å²) in [6.07, 6.45) is 4.47. The fourth-order valence-electron chi connectivity index (χ4n) is 3.83. The number of anilines is 1. The monoisotopic (exact) mass is 432 g/mol. The number of fused-ring (bicyclic) bond motifs is 1. The third kappa shape index (κ3) is 4.07. The highest BCUT2D eigenvalue weighted by atomic mass is 16.5. The summed E-state index contributed by atoms with van der Waals surface area (Å²) in [6, 6.07) is 5.36. The van der Waals surface area contributed by atoms with E-state index in [2.05, 4.69) is 28.4 Å². The molecule has 1 aliphatic heterocycles. The van der Waals surface area contributed by atoms with Gasteiger partial charge < -0.3 is 20.1 Å². The Balaban J connectivity index is 1.76. The number of rotatable bonds is 4. The van der Waals surface area contributed by atoms with Gasteiger partial charge in [-0.1, -0.05) is 12.5 Å². The Morgan fingerprint density at radius 2 is 1.97 bits per heavy atom. The normalized spacial score (nSPS) is 15.7. The number of methoxy groups -OCH3 is 2. The number of amides is 1. The minimum atomic E-state index is -0.0905. The summed E-state index contributed by atoms with van der Waals surface area (Å²) < 4.78 is 12.4. The van der Waals surface area contributed by atoms with Gasteiger partial charge in [0.2, 0.25) is 5.91 Å². The summed E-state index contributed by atoms with van der Waals surface area (Å²) in [5, 5.41) is 5.33. The second kappa shape index (κ2) is 8.98. The summed E-state index contributed by atoms with van der Waals surface area (Å²) in [5.41, 5.74) is 7.95. The molecule has 3 aromatic rings. The molecule has 0 saturated carbocycles. The first kappa shape index (κ1) is 21.2. The number of piperidine rings is 1. The third-order valence-electron chi connectivity index (χ3n) is 5.42. The first-order chi connectivity index (χ1) is 15.5. The molecule has 0 aliphatic carbocycles. The second-order valence-electron chi connectivity index (χ2n) is 7.39. The summed E-state index contributed by atoms with van der Waals surface area (Å²) in [5.74, 6) is 7.71. The van der Waals surface area contributed by atoms with Crippen LogP contribution in [0.4, 0.5) is 5.82 Å². The molecular weight excluding hydrogens is 408 g/mol. The van der Waals surface area contributed by atoms with E-state index in [0.29, 0.717) is 52.7 Å². The summed E-state index contributed by atoms with van der Waals surface area (Å²) in [4.78, 5) is 22.4. The zero-order valence-electron chi connectivity index (χ0n) is 18.0. The van der Waals surface area contributed by atoms with Crippen LogP contribution in [-0.2, 0) is 4.79 Å². The molecule has 1 saturated heterocycles. The molecule has 3 heterocycles. The summed E-state index contributed by atoms with van der Waals surface area (Å²) in [7, 11) is 3.17. The largest absolute Gasteiger partial charge is 0.497 e. The van der Waals surface area contributed by atoms with Gasteiger partial charge in [0, 0.05) is 24.7 Å². The zero-order valence-corrected chi connectivity index (χ0v) is 18.0. The minimum absolute atomic E-state index is 0.0445. The number of nitrogens with zero attached hydrogens (tertiary/aromatic N) is 5. The van der Waals surface area contributed by atoms with E-state index in [1.54, 1.807) is 25.2 Å². The van der Waals surface area contributed by atoms with Crippen molar-refractivity contribution in [2.45, 2.75) is 18.9 Å². The van der Waals surface area contributed by atoms with Crippen molar-refractivity contribution in [1.29, 1.82) is 0 Å². The number of aromatic nitrogens is 4. The molecule has 1 atom stereocenters. The van der Waals surface area contributed by atoms with Crippen molar-refractivity contribution in [1.82, 2.24) is 24.6 Å². The highest BCUT2D eigenvalue weighted by Gasteiger charge is 2.27. The molecule has 1 aliphatic rings. The van der Waals surface area contributed by atoms with E-state index in [9.17, 15) is 4.79 Å². The van der Waals surface area contributed by atoms with E-state index in [1.807, 2.05) is 16.8 Å². The number of hydrogen-bond donors (Lipinski definition) is 1. The van der Waals surface area contributed by atoms with Crippen LogP contribution >= 0.6 is 0 Å². The van der Waals surface area contributed by atoms with E-state index in [0.717, 1.165) is 12.8 Å². The number of ether oxygens (including phenoxy) is 2. The molecule has 0 unspecified atom stereocenters. The van der Waals surface area contributed by atoms with Crippen molar-refractivity contribution in [2.75, 3.05) is 33.0 Å². The van der Waals surface area contributed by atoms with E-state index in [4.69, 9.17) is 20.3 Å². The molecule has 9 heteroatoms. The molecule has 2 N–H and O–H groups in total. The fourth-order valence-corrected chi connectivity index (χ4v) is 3.83. The molecule has 0 bridgehead atoms. The number of hydrogen-bond acceptors (Lipinski definition) is 7. The van der Waals surface area contributed by atoms with Gasteiger partial charge in [0.25, 0.3) is 0 Å². The van der Waals surface area contributed by atoms with Gasteiger partial charge in [-0.25, -0.2) is 14.6 Å². The van der Waals surface area contributed by atoms with Gasteiger partial charge in [-0.15, -0.1) is 0 Å². The maximum absolute atomic E-state index is 12.1. The lowest BCUT2D eigenvalue weighted by molar-refractivity contribution is -0.127. The Morgan fingerprint density at radius 1 is 1.22 bits per heavy atom. The van der Waals surface area contributed by atoms with Crippen LogP contribution < -0.4 is 15.2 Å². The van der Waals surface area contributed by atoms with E-state index < -0.39 is 0 Å². The van der Waals surface area contributed by atoms with Gasteiger partial charge in [-0.2, -0.15) is 5.10 Å². The number of carbonyl (C=O) groups is 1. The number of benzene rings is 1. The van der Waals surface area contributed by atoms with Gasteiger partial charge in [-0.05, 0) is 37.0 Å². The fraction of sp³-hybridized carbons (Fsp3) is 0.304. The number of nitrogens with two attached hydrogens (primary N) is 1. The third-order valence-corrected chi connectivity index (χ3v) is 5.42. The highest BCUT2D eigenvalue weighted by molar-refractivity contribution is 5.90. The lowest BCUT2D eigenvalue weighted by Crippen LogP contribution is -2.40. The zero-order chi connectivity index (χ0) is 22.7. The van der Waals surface area contributed by atoms with Crippen molar-refractivity contribution < 1.29 is 14.3 Å². The van der Waals surface area contributed by atoms with E-state index in [1.165, 1.54) is 12.4 Å². The molecule has 0 spiro atoms. The van der Waals surface area contributed by atoms with Crippen molar-refractivity contribution in [3.05, 3.63) is 48.4 Å². The van der Waals surface area contributed by atoms with Crippen molar-refractivity contribution >= 4 is 22.8 Å². The average molecular weight is 432 g/mol. The van der Waals surface area contributed by atoms with Crippen LogP contribution in [0.2, 0.25) is 0 Å². The first-order valence-electron chi connectivity index (χ1n) is 10.2. The maximum Gasteiger partial charge on any atom is 0.246 e. The summed E-state index contributed by atoms with van der Waals surface area (Å²) >= 11 is 0. The van der Waals surface area contributed by atoms with E-state index >= 15 is 0 Å². The van der Waals surface area contributed by atoms with Gasteiger partial charge in [0.1, 0.15) is 29.3 Å². The predicted octanol–water partition coefficient (Wildman–Crippen LogP) is 2.17. The predicted molar refractivity (Wildman–Crippen MR) is 120 cm³/mol. The Morgan fingerprint density at radius 3 is 2.66 bits per heavy atom. The lowest BCUT2D eigenvalue weighted by Gasteiger charge is -2.32. The topological polar surface area (TPSA) is 108 Å². The molecule has 1 amide bonds. The quantitative estimate of drug-likeness (QED) is 0.497. The molecule has 1 fully saturated rings. The molecular formula is C23H24N6O3. The molecule has 9 nitrogen and oxygen atoms in total. The molecule has 32 heavy (non-hydrogen) atoms. The van der Waals surface area contributed by atoms with Gasteiger partial charge in [0.05, 0.1) is 25.6 Å². The van der Waals surface area contributed by atoms with Crippen LogP contribution in [0.3, 0.4) is 0 Å². The molecule has 164 valence electrons. The van der Waals surface area contributed by atoms with Gasteiger partial charge >= 0.3 is 0 Å². The van der Waals surface area contributed by atoms with E-state index in [-0.39, 0.29) is 11.9 Å². The Hall–Kier alpha value is -4.06. The average Bonchev–Trinajstić information content (AvgIpc) is 3.22. The van der Waals surface area contributed by atoms with Crippen LogP contribution in [0.15, 0.2) is 37.2 Å². The Labute approximate surface area is 185 Å². The van der Waals surface area contributed by atoms with Crippen molar-refractivity contribution in [3.8, 4) is 23.3 Å². The smallest absolute Gasteiger partial charge is 0.246 e. The minimum Gasteiger partial charge on any atom is -0.497 e. The Bertz CT molecular complexity index is 1220. The standard InChI is InChI=1S/C23H24N6O3/c1-4-20(30)28-9-5-6-16(13-28)29-23-21(22(24)25-14-26-23)19(27-29)8-7-15-10-17(31-2)12-18(11-15)32-3/h4,10-12,14,16H,1,5-6,9,13H2,2-3H3,(H2,24,25,26)/t16-/m0/s1. The molecule has 4 rings (SSSR count). The van der Waals surface area contributed by atoms with Gasteiger partial charge in [0.15, 0.2) is 5.65 Å². The van der Waals surface area contributed by atoms with Crippen molar-refractivity contribution in [2.24, 2.45) is 0 Å². The van der Waals surface area contributed by atoms with Crippen LogP contribution in [-0.4, -0.2) is 57.9 Å². The first-order valence-corrected chi connectivity index (χ1v) is 10.2. The molecule has 1 aromatic carbocycles. The molecule has 2 aromatic heterocycles. The lowest BCUT2D eigenvalue weighted by atomic mass is 10.1. The van der Waals surface area contributed by atoms with Crippen LogP contribution in [0.5, 0.6) is 11.5 Å². The number of nitrogen functional groups attached to an aromatic ring is 1. The summed E-state index contributed by atoms with van der Waals surface area (Å²) in [6.45, 7) is 4.81. The van der Waals surface area contributed by atoms with Crippen molar-refractivity contribution in [3.63, 3.8) is 0 Å². The second-order valence-corrected chi connectivity index (χ2v) is 7.39. The van der Waals surface area contributed by atoms with Crippen LogP contribution in [0, 0.1) is 11.8 Å². The number of likely N-dealkylation sites (tertiary alicyclic amines) is 1. The van der Waals surface area contributed by atoms with Gasteiger partial charge in [-0.3, -0.25) is 4.79 Å². The van der Waals surface area contributed by atoms with Crippen LogP contribution in [0.25, 0.3) is 11.0 Å². The number of carbonyl (C=O) groups excluding carboxylic acids is 1. The SMILES string of the molecule is C=CC(=O)N1CCC[C@H](n2nc(C#Cc3cc(OC)cc(OC)c3)c3c(N)ncnc32)C1. The Kier molecular flexibility index (Phi) is 5.94. The maximum atomic E-state index is 12.1. The highest BCUT2D eigenvalue weighted by Crippen LogP contribution is 2.28. The van der Waals surface area contributed by atoms with Crippen LogP contribution in [0.1, 0.15) is 30.1 Å². The molecule has 0 radical (unpaired) electrons.